The van der Waals surface area contributed by atoms with Crippen LogP contribution < -0.4 is 5.32 Å². The average Bonchev–Trinajstić information content (AvgIpc) is 2.39. The van der Waals surface area contributed by atoms with E-state index in [1.807, 2.05) is 0 Å². The van der Waals surface area contributed by atoms with E-state index < -0.39 is 0 Å². The van der Waals surface area contributed by atoms with E-state index in [1.165, 1.54) is 58.5 Å². The van der Waals surface area contributed by atoms with E-state index in [0.29, 0.717) is 0 Å². The highest BCUT2D eigenvalue weighted by atomic mass is 15.3. The first-order valence-corrected chi connectivity index (χ1v) is 8.33. The number of rotatable bonds is 9. The highest BCUT2D eigenvalue weighted by molar-refractivity contribution is 4.73. The van der Waals surface area contributed by atoms with Crippen molar-refractivity contribution in [1.82, 2.24) is 15.1 Å². The van der Waals surface area contributed by atoms with E-state index in [9.17, 15) is 0 Å². The van der Waals surface area contributed by atoms with Gasteiger partial charge in [-0.3, -0.25) is 0 Å². The van der Waals surface area contributed by atoms with E-state index >= 15 is 0 Å². The van der Waals surface area contributed by atoms with Gasteiger partial charge in [-0.15, -0.1) is 0 Å². The van der Waals surface area contributed by atoms with Gasteiger partial charge in [-0.05, 0) is 38.3 Å². The SMILES string of the molecule is CCNC(CC)CCCN1CCN(CC(C)C)CC1. The minimum Gasteiger partial charge on any atom is -0.314 e. The number of hydrogen-bond acceptors (Lipinski definition) is 3. The van der Waals surface area contributed by atoms with Crippen molar-refractivity contribution in [1.29, 1.82) is 0 Å². The van der Waals surface area contributed by atoms with Gasteiger partial charge in [-0.1, -0.05) is 27.7 Å². The summed E-state index contributed by atoms with van der Waals surface area (Å²) in [6.45, 7) is 17.9. The quantitative estimate of drug-likeness (QED) is 0.693. The zero-order valence-electron chi connectivity index (χ0n) is 13.6. The largest absolute Gasteiger partial charge is 0.314 e. The van der Waals surface area contributed by atoms with Crippen LogP contribution in [0.4, 0.5) is 0 Å². The van der Waals surface area contributed by atoms with Crippen LogP contribution in [0.1, 0.15) is 47.0 Å². The molecule has 0 aromatic heterocycles. The summed E-state index contributed by atoms with van der Waals surface area (Å²) < 4.78 is 0. The molecule has 1 rings (SSSR count). The summed E-state index contributed by atoms with van der Waals surface area (Å²) in [4.78, 5) is 5.27. The Labute approximate surface area is 120 Å². The van der Waals surface area contributed by atoms with Gasteiger partial charge in [-0.2, -0.15) is 0 Å². The maximum Gasteiger partial charge on any atom is 0.0110 e. The predicted molar refractivity (Wildman–Crippen MR) is 84.7 cm³/mol. The van der Waals surface area contributed by atoms with E-state index in [-0.39, 0.29) is 0 Å². The van der Waals surface area contributed by atoms with Gasteiger partial charge >= 0.3 is 0 Å². The molecule has 0 amide bonds. The molecule has 0 spiro atoms. The third-order valence-corrected chi connectivity index (χ3v) is 4.10. The van der Waals surface area contributed by atoms with Crippen LogP contribution in [-0.4, -0.2) is 61.7 Å². The summed E-state index contributed by atoms with van der Waals surface area (Å²) >= 11 is 0. The third-order valence-electron chi connectivity index (χ3n) is 4.10. The Bertz CT molecular complexity index is 210. The molecule has 1 aliphatic rings. The molecule has 114 valence electrons. The highest BCUT2D eigenvalue weighted by Crippen LogP contribution is 2.08. The van der Waals surface area contributed by atoms with E-state index in [2.05, 4.69) is 42.8 Å². The molecule has 1 unspecified atom stereocenters. The van der Waals surface area contributed by atoms with Gasteiger partial charge in [0.25, 0.3) is 0 Å². The summed E-state index contributed by atoms with van der Waals surface area (Å²) in [5.41, 5.74) is 0. The first kappa shape index (κ1) is 16.9. The molecule has 0 bridgehead atoms. The minimum absolute atomic E-state index is 0.729. The molecule has 0 aromatic carbocycles. The Morgan fingerprint density at radius 1 is 1.00 bits per heavy atom. The molecule has 1 aliphatic heterocycles. The van der Waals surface area contributed by atoms with E-state index in [0.717, 1.165) is 18.5 Å². The van der Waals surface area contributed by atoms with Crippen LogP contribution in [0.2, 0.25) is 0 Å². The third kappa shape index (κ3) is 7.28. The van der Waals surface area contributed by atoms with Crippen molar-refractivity contribution in [2.75, 3.05) is 45.8 Å². The second-order valence-electron chi connectivity index (χ2n) is 6.34. The maximum absolute atomic E-state index is 3.57. The molecule has 1 saturated heterocycles. The van der Waals surface area contributed by atoms with Gasteiger partial charge in [0.05, 0.1) is 0 Å². The van der Waals surface area contributed by atoms with Crippen LogP contribution in [-0.2, 0) is 0 Å². The van der Waals surface area contributed by atoms with Crippen LogP contribution >= 0.6 is 0 Å². The zero-order chi connectivity index (χ0) is 14.1. The topological polar surface area (TPSA) is 18.5 Å². The van der Waals surface area contributed by atoms with Crippen LogP contribution in [0, 0.1) is 5.92 Å². The van der Waals surface area contributed by atoms with Gasteiger partial charge in [0, 0.05) is 38.8 Å². The Kier molecular flexibility index (Phi) is 8.67. The standard InChI is InChI=1S/C16H35N3/c1-5-16(17-6-2)8-7-9-18-10-12-19(13-11-18)14-15(3)4/h15-17H,5-14H2,1-4H3. The van der Waals surface area contributed by atoms with E-state index in [1.54, 1.807) is 0 Å². The molecule has 0 aromatic rings. The molecule has 0 aliphatic carbocycles. The molecular formula is C16H35N3. The van der Waals surface area contributed by atoms with Crippen LogP contribution in [0.3, 0.4) is 0 Å². The average molecular weight is 269 g/mol. The molecule has 19 heavy (non-hydrogen) atoms. The van der Waals surface area contributed by atoms with Crippen LogP contribution in [0.25, 0.3) is 0 Å². The zero-order valence-corrected chi connectivity index (χ0v) is 13.6. The summed E-state index contributed by atoms with van der Waals surface area (Å²) in [6.07, 6.45) is 3.93. The number of hydrogen-bond donors (Lipinski definition) is 1. The lowest BCUT2D eigenvalue weighted by atomic mass is 10.1. The smallest absolute Gasteiger partial charge is 0.0110 e. The Balaban J connectivity index is 2.09. The van der Waals surface area contributed by atoms with Crippen molar-refractivity contribution in [2.24, 2.45) is 5.92 Å². The monoisotopic (exact) mass is 269 g/mol. The molecule has 1 atom stereocenters. The Hall–Kier alpha value is -0.120. The molecule has 3 nitrogen and oxygen atoms in total. The van der Waals surface area contributed by atoms with Crippen molar-refractivity contribution < 1.29 is 0 Å². The fraction of sp³-hybridized carbons (Fsp3) is 1.00. The molecule has 0 radical (unpaired) electrons. The van der Waals surface area contributed by atoms with Gasteiger partial charge < -0.3 is 15.1 Å². The fourth-order valence-corrected chi connectivity index (χ4v) is 3.01. The first-order chi connectivity index (χ1) is 9.15. The van der Waals surface area contributed by atoms with Crippen molar-refractivity contribution in [3.8, 4) is 0 Å². The van der Waals surface area contributed by atoms with Gasteiger partial charge in [0.1, 0.15) is 0 Å². The molecular weight excluding hydrogens is 234 g/mol. The van der Waals surface area contributed by atoms with Crippen molar-refractivity contribution >= 4 is 0 Å². The normalized spacial score (nSPS) is 20.1. The number of piperazine rings is 1. The molecule has 1 fully saturated rings. The van der Waals surface area contributed by atoms with Gasteiger partial charge in [-0.25, -0.2) is 0 Å². The highest BCUT2D eigenvalue weighted by Gasteiger charge is 2.17. The van der Waals surface area contributed by atoms with Crippen LogP contribution in [0.15, 0.2) is 0 Å². The summed E-state index contributed by atoms with van der Waals surface area (Å²) in [6, 6.07) is 0.729. The van der Waals surface area contributed by atoms with E-state index in [4.69, 9.17) is 0 Å². The lowest BCUT2D eigenvalue weighted by molar-refractivity contribution is 0.120. The summed E-state index contributed by atoms with van der Waals surface area (Å²) in [7, 11) is 0. The molecule has 1 heterocycles. The van der Waals surface area contributed by atoms with Gasteiger partial charge in [0.2, 0.25) is 0 Å². The summed E-state index contributed by atoms with van der Waals surface area (Å²) in [5.74, 6) is 0.803. The maximum atomic E-state index is 3.57. The number of nitrogens with one attached hydrogen (secondary N) is 1. The van der Waals surface area contributed by atoms with Gasteiger partial charge in [0.15, 0.2) is 0 Å². The lowest BCUT2D eigenvalue weighted by Gasteiger charge is -2.35. The molecule has 1 N–H and O–H groups in total. The number of nitrogens with zero attached hydrogens (tertiary/aromatic N) is 2. The second kappa shape index (κ2) is 9.73. The molecule has 0 saturated carbocycles. The lowest BCUT2D eigenvalue weighted by Crippen LogP contribution is -2.47. The minimum atomic E-state index is 0.729. The second-order valence-corrected chi connectivity index (χ2v) is 6.34. The van der Waals surface area contributed by atoms with Crippen molar-refractivity contribution in [3.05, 3.63) is 0 Å². The first-order valence-electron chi connectivity index (χ1n) is 8.33. The van der Waals surface area contributed by atoms with Crippen LogP contribution in [0.5, 0.6) is 0 Å². The Morgan fingerprint density at radius 3 is 2.16 bits per heavy atom. The van der Waals surface area contributed by atoms with Crippen molar-refractivity contribution in [3.63, 3.8) is 0 Å². The fourth-order valence-electron chi connectivity index (χ4n) is 3.01. The predicted octanol–water partition coefficient (Wildman–Crippen LogP) is 2.43. The Morgan fingerprint density at radius 2 is 1.63 bits per heavy atom. The molecule has 3 heteroatoms. The summed E-state index contributed by atoms with van der Waals surface area (Å²) in [5, 5.41) is 3.57. The van der Waals surface area contributed by atoms with Crippen molar-refractivity contribution in [2.45, 2.75) is 53.0 Å².